The number of methoxy groups -OCH3 is 1. The van der Waals surface area contributed by atoms with Gasteiger partial charge in [0.05, 0.1) is 31.0 Å². The Hall–Kier alpha value is -2.60. The van der Waals surface area contributed by atoms with E-state index >= 15 is 0 Å². The normalized spacial score (nSPS) is 10.1. The van der Waals surface area contributed by atoms with Gasteiger partial charge >= 0.3 is 0 Å². The van der Waals surface area contributed by atoms with Crippen LogP contribution in [0.2, 0.25) is 0 Å². The Bertz CT molecular complexity index is 694. The fraction of sp³-hybridized carbons (Fsp3) is 0.357. The molecule has 0 radical (unpaired) electrons. The van der Waals surface area contributed by atoms with Crippen LogP contribution in [0.25, 0.3) is 5.69 Å². The molecule has 0 saturated carbocycles. The van der Waals surface area contributed by atoms with Crippen molar-refractivity contribution in [2.75, 3.05) is 26.5 Å². The van der Waals surface area contributed by atoms with Gasteiger partial charge in [0, 0.05) is 13.6 Å². The van der Waals surface area contributed by atoms with E-state index in [1.165, 1.54) is 16.7 Å². The summed E-state index contributed by atoms with van der Waals surface area (Å²) in [5, 5.41) is 20.6. The molecule has 0 aliphatic heterocycles. The molecule has 0 spiro atoms. The second kappa shape index (κ2) is 8.14. The molecule has 0 fully saturated rings. The van der Waals surface area contributed by atoms with Crippen LogP contribution in [0.4, 0.5) is 0 Å². The van der Waals surface area contributed by atoms with Crippen molar-refractivity contribution >= 4 is 17.7 Å². The zero-order valence-electron chi connectivity index (χ0n) is 12.8. The molecule has 9 heteroatoms. The van der Waals surface area contributed by atoms with Gasteiger partial charge in [0.15, 0.2) is 0 Å². The maximum absolute atomic E-state index is 12.0. The van der Waals surface area contributed by atoms with E-state index in [-0.39, 0.29) is 11.7 Å². The molecule has 0 saturated heterocycles. The largest absolute Gasteiger partial charge is 0.497 e. The monoisotopic (exact) mass is 332 g/mol. The molecule has 1 aromatic carbocycles. The smallest absolute Gasteiger partial charge is 0.232 e. The predicted molar refractivity (Wildman–Crippen MR) is 84.3 cm³/mol. The second-order valence-corrected chi connectivity index (χ2v) is 5.53. The predicted octanol–water partition coefficient (Wildman–Crippen LogP) is 1.14. The summed E-state index contributed by atoms with van der Waals surface area (Å²) in [5.74, 6) is 0.873. The lowest BCUT2D eigenvalue weighted by Gasteiger charge is -2.14. The van der Waals surface area contributed by atoms with E-state index in [1.807, 2.05) is 30.3 Å². The van der Waals surface area contributed by atoms with Gasteiger partial charge in [0.2, 0.25) is 11.1 Å². The number of aromatic nitrogens is 4. The summed E-state index contributed by atoms with van der Waals surface area (Å²) in [6.45, 7) is 0.416. The Morgan fingerprint density at radius 3 is 2.83 bits per heavy atom. The standard InChI is InChI=1S/C14H16N6O2S/c1-19(9-3-8-15)13(21)10-23-14-16-17-18-20(14)11-4-6-12(22-2)7-5-11/h4-7H,3,9-10H2,1-2H3. The van der Waals surface area contributed by atoms with E-state index in [2.05, 4.69) is 15.5 Å². The molecule has 23 heavy (non-hydrogen) atoms. The first-order valence-electron chi connectivity index (χ1n) is 6.82. The quantitative estimate of drug-likeness (QED) is 0.701. The van der Waals surface area contributed by atoms with Crippen molar-refractivity contribution in [3.8, 4) is 17.5 Å². The first kappa shape index (κ1) is 16.8. The van der Waals surface area contributed by atoms with Gasteiger partial charge in [0.25, 0.3) is 0 Å². The average Bonchev–Trinajstić information content (AvgIpc) is 3.06. The first-order valence-corrected chi connectivity index (χ1v) is 7.80. The van der Waals surface area contributed by atoms with Gasteiger partial charge in [-0.1, -0.05) is 11.8 Å². The molecule has 0 atom stereocenters. The van der Waals surface area contributed by atoms with E-state index in [9.17, 15) is 4.79 Å². The molecule has 8 nitrogen and oxygen atoms in total. The number of carbonyl (C=O) groups excluding carboxylic acids is 1. The fourth-order valence-corrected chi connectivity index (χ4v) is 2.56. The van der Waals surface area contributed by atoms with E-state index in [0.717, 1.165) is 11.4 Å². The SMILES string of the molecule is COc1ccc(-n2nnnc2SCC(=O)N(C)CCC#N)cc1. The minimum atomic E-state index is -0.0745. The van der Waals surface area contributed by atoms with Crippen molar-refractivity contribution in [3.05, 3.63) is 24.3 Å². The summed E-state index contributed by atoms with van der Waals surface area (Å²) in [4.78, 5) is 13.5. The number of hydrogen-bond acceptors (Lipinski definition) is 7. The summed E-state index contributed by atoms with van der Waals surface area (Å²) in [6.07, 6.45) is 0.316. The molecule has 0 N–H and O–H groups in total. The number of rotatable bonds is 7. The highest BCUT2D eigenvalue weighted by atomic mass is 32.2. The topological polar surface area (TPSA) is 96.9 Å². The van der Waals surface area contributed by atoms with Crippen molar-refractivity contribution in [3.63, 3.8) is 0 Å². The molecule has 0 unspecified atom stereocenters. The Labute approximate surface area is 138 Å². The highest BCUT2D eigenvalue weighted by Gasteiger charge is 2.14. The number of benzene rings is 1. The number of ether oxygens (including phenoxy) is 1. The number of nitrogens with zero attached hydrogens (tertiary/aromatic N) is 6. The number of nitriles is 1. The van der Waals surface area contributed by atoms with E-state index in [1.54, 1.807) is 18.8 Å². The van der Waals surface area contributed by atoms with Crippen LogP contribution in [-0.4, -0.2) is 57.5 Å². The van der Waals surface area contributed by atoms with Crippen LogP contribution < -0.4 is 4.74 Å². The molecule has 0 aliphatic carbocycles. The molecule has 1 heterocycles. The Balaban J connectivity index is 2.01. The van der Waals surface area contributed by atoms with Crippen LogP contribution in [0.5, 0.6) is 5.75 Å². The van der Waals surface area contributed by atoms with Crippen LogP contribution >= 0.6 is 11.8 Å². The molecule has 0 bridgehead atoms. The van der Waals surface area contributed by atoms with Gasteiger partial charge in [-0.25, -0.2) is 0 Å². The van der Waals surface area contributed by atoms with Crippen LogP contribution in [0, 0.1) is 11.3 Å². The summed E-state index contributed by atoms with van der Waals surface area (Å²) >= 11 is 1.25. The molecule has 1 aromatic heterocycles. The van der Waals surface area contributed by atoms with Crippen molar-refractivity contribution < 1.29 is 9.53 Å². The van der Waals surface area contributed by atoms with Gasteiger partial charge in [-0.05, 0) is 34.7 Å². The van der Waals surface area contributed by atoms with Crippen LogP contribution in [0.15, 0.2) is 29.4 Å². The van der Waals surface area contributed by atoms with Crippen molar-refractivity contribution in [2.24, 2.45) is 0 Å². The highest BCUT2D eigenvalue weighted by Crippen LogP contribution is 2.20. The average molecular weight is 332 g/mol. The van der Waals surface area contributed by atoms with Crippen LogP contribution in [-0.2, 0) is 4.79 Å². The van der Waals surface area contributed by atoms with Gasteiger partial charge in [-0.2, -0.15) is 9.94 Å². The Morgan fingerprint density at radius 1 is 1.43 bits per heavy atom. The lowest BCUT2D eigenvalue weighted by molar-refractivity contribution is -0.127. The Kier molecular flexibility index (Phi) is 5.94. The summed E-state index contributed by atoms with van der Waals surface area (Å²) in [5.41, 5.74) is 0.781. The summed E-state index contributed by atoms with van der Waals surface area (Å²) in [6, 6.07) is 9.31. The molecule has 0 aliphatic rings. The maximum atomic E-state index is 12.0. The second-order valence-electron chi connectivity index (χ2n) is 4.58. The lowest BCUT2D eigenvalue weighted by atomic mass is 10.3. The van der Waals surface area contributed by atoms with Crippen molar-refractivity contribution in [1.29, 1.82) is 5.26 Å². The Morgan fingerprint density at radius 2 is 2.17 bits per heavy atom. The van der Waals surface area contributed by atoms with Gasteiger partial charge < -0.3 is 9.64 Å². The first-order chi connectivity index (χ1) is 11.2. The number of amides is 1. The molecule has 2 aromatic rings. The third-order valence-electron chi connectivity index (χ3n) is 3.07. The van der Waals surface area contributed by atoms with Crippen LogP contribution in [0.3, 0.4) is 0 Å². The van der Waals surface area contributed by atoms with Crippen molar-refractivity contribution in [2.45, 2.75) is 11.6 Å². The van der Waals surface area contributed by atoms with Gasteiger partial charge in [-0.15, -0.1) is 5.10 Å². The highest BCUT2D eigenvalue weighted by molar-refractivity contribution is 7.99. The van der Waals surface area contributed by atoms with E-state index in [0.29, 0.717) is 18.1 Å². The number of tetrazole rings is 1. The molecule has 2 rings (SSSR count). The fourth-order valence-electron chi connectivity index (χ4n) is 1.73. The van der Waals surface area contributed by atoms with Gasteiger partial charge in [-0.3, -0.25) is 4.79 Å². The van der Waals surface area contributed by atoms with Crippen molar-refractivity contribution in [1.82, 2.24) is 25.1 Å². The molecular formula is C14H16N6O2S. The molecule has 120 valence electrons. The van der Waals surface area contributed by atoms with Crippen LogP contribution in [0.1, 0.15) is 6.42 Å². The summed E-state index contributed by atoms with van der Waals surface area (Å²) < 4.78 is 6.68. The lowest BCUT2D eigenvalue weighted by Crippen LogP contribution is -2.29. The van der Waals surface area contributed by atoms with E-state index < -0.39 is 0 Å². The number of hydrogen-bond donors (Lipinski definition) is 0. The number of carbonyl (C=O) groups is 1. The maximum Gasteiger partial charge on any atom is 0.232 e. The molecular weight excluding hydrogens is 316 g/mol. The van der Waals surface area contributed by atoms with Gasteiger partial charge in [0.1, 0.15) is 5.75 Å². The minimum Gasteiger partial charge on any atom is -0.497 e. The zero-order chi connectivity index (χ0) is 16.7. The van der Waals surface area contributed by atoms with E-state index in [4.69, 9.17) is 10.00 Å². The third-order valence-corrected chi connectivity index (χ3v) is 3.97. The summed E-state index contributed by atoms with van der Waals surface area (Å²) in [7, 11) is 3.27. The molecule has 1 amide bonds. The number of thioether (sulfide) groups is 1. The third kappa shape index (κ3) is 4.43. The zero-order valence-corrected chi connectivity index (χ0v) is 13.7. The minimum absolute atomic E-state index is 0.0745.